The Labute approximate surface area is 151 Å². The Morgan fingerprint density at radius 1 is 0.920 bits per heavy atom. The minimum atomic E-state index is 0.806. The molecule has 0 unspecified atom stereocenters. The number of likely N-dealkylation sites (tertiary alicyclic amines) is 1. The van der Waals surface area contributed by atoms with E-state index in [9.17, 15) is 0 Å². The highest BCUT2D eigenvalue weighted by Crippen LogP contribution is 2.21. The van der Waals surface area contributed by atoms with Crippen LogP contribution in [-0.4, -0.2) is 38.3 Å². The topological polar surface area (TPSA) is 21.7 Å². The minimum absolute atomic E-state index is 0.806. The molecule has 2 aromatic carbocycles. The molecule has 134 valence electrons. The predicted octanol–water partition coefficient (Wildman–Crippen LogP) is 4.42. The van der Waals surface area contributed by atoms with Crippen LogP contribution in [0.1, 0.15) is 24.8 Å². The van der Waals surface area contributed by atoms with Gasteiger partial charge in [-0.2, -0.15) is 0 Å². The standard InChI is InChI=1S/C22H29NO2/c1-24-21-9-7-19(8-10-21)11-15-23-16-12-20(13-17-23)14-18-25-22-5-3-2-4-6-22/h2-10,20H,11-18H2,1H3. The second-order valence-electron chi connectivity index (χ2n) is 6.83. The number of rotatable bonds is 8. The lowest BCUT2D eigenvalue weighted by Gasteiger charge is -2.32. The summed E-state index contributed by atoms with van der Waals surface area (Å²) >= 11 is 0. The van der Waals surface area contributed by atoms with Gasteiger partial charge in [0.25, 0.3) is 0 Å². The molecule has 0 N–H and O–H groups in total. The van der Waals surface area contributed by atoms with Crippen LogP contribution in [0.2, 0.25) is 0 Å². The van der Waals surface area contributed by atoms with Gasteiger partial charge in [0.15, 0.2) is 0 Å². The summed E-state index contributed by atoms with van der Waals surface area (Å²) in [5.41, 5.74) is 1.39. The van der Waals surface area contributed by atoms with E-state index in [0.717, 1.165) is 37.0 Å². The third-order valence-electron chi connectivity index (χ3n) is 5.12. The summed E-state index contributed by atoms with van der Waals surface area (Å²) in [7, 11) is 1.71. The molecule has 0 atom stereocenters. The quantitative estimate of drug-likeness (QED) is 0.711. The molecule has 1 aliphatic rings. The molecule has 0 bridgehead atoms. The fourth-order valence-electron chi connectivity index (χ4n) is 3.44. The van der Waals surface area contributed by atoms with E-state index in [1.807, 2.05) is 42.5 Å². The first-order valence-electron chi connectivity index (χ1n) is 9.36. The maximum absolute atomic E-state index is 5.84. The summed E-state index contributed by atoms with van der Waals surface area (Å²) in [6.07, 6.45) is 4.87. The zero-order valence-electron chi connectivity index (χ0n) is 15.2. The first-order valence-corrected chi connectivity index (χ1v) is 9.36. The van der Waals surface area contributed by atoms with Crippen molar-refractivity contribution in [3.05, 3.63) is 60.2 Å². The number of benzene rings is 2. The molecule has 0 saturated carbocycles. The van der Waals surface area contributed by atoms with E-state index in [1.165, 1.54) is 37.9 Å². The van der Waals surface area contributed by atoms with E-state index in [0.29, 0.717) is 0 Å². The van der Waals surface area contributed by atoms with Gasteiger partial charge < -0.3 is 14.4 Å². The molecule has 1 aliphatic heterocycles. The molecule has 0 amide bonds. The van der Waals surface area contributed by atoms with Crippen LogP contribution in [0.4, 0.5) is 0 Å². The lowest BCUT2D eigenvalue weighted by atomic mass is 9.93. The molecule has 0 spiro atoms. The summed E-state index contributed by atoms with van der Waals surface area (Å²) in [6.45, 7) is 4.42. The van der Waals surface area contributed by atoms with Crippen molar-refractivity contribution in [1.82, 2.24) is 4.90 Å². The number of nitrogens with zero attached hydrogens (tertiary/aromatic N) is 1. The number of piperidine rings is 1. The van der Waals surface area contributed by atoms with Crippen molar-refractivity contribution in [2.24, 2.45) is 5.92 Å². The normalized spacial score (nSPS) is 15.9. The Hall–Kier alpha value is -2.00. The minimum Gasteiger partial charge on any atom is -0.497 e. The largest absolute Gasteiger partial charge is 0.497 e. The average Bonchev–Trinajstić information content (AvgIpc) is 2.68. The molecule has 1 fully saturated rings. The summed E-state index contributed by atoms with van der Waals surface area (Å²) in [6, 6.07) is 18.6. The smallest absolute Gasteiger partial charge is 0.119 e. The van der Waals surface area contributed by atoms with E-state index in [4.69, 9.17) is 9.47 Å². The lowest BCUT2D eigenvalue weighted by molar-refractivity contribution is 0.164. The fourth-order valence-corrected chi connectivity index (χ4v) is 3.44. The van der Waals surface area contributed by atoms with Crippen molar-refractivity contribution in [1.29, 1.82) is 0 Å². The number of ether oxygens (including phenoxy) is 2. The van der Waals surface area contributed by atoms with Crippen LogP contribution in [-0.2, 0) is 6.42 Å². The number of hydrogen-bond donors (Lipinski definition) is 0. The highest BCUT2D eigenvalue weighted by molar-refractivity contribution is 5.27. The van der Waals surface area contributed by atoms with E-state index >= 15 is 0 Å². The van der Waals surface area contributed by atoms with Gasteiger partial charge in [-0.05, 0) is 74.5 Å². The SMILES string of the molecule is COc1ccc(CCN2CCC(CCOc3ccccc3)CC2)cc1. The number of methoxy groups -OCH3 is 1. The van der Waals surface area contributed by atoms with Crippen LogP contribution in [0.3, 0.4) is 0 Å². The van der Waals surface area contributed by atoms with Crippen molar-refractivity contribution in [3.63, 3.8) is 0 Å². The van der Waals surface area contributed by atoms with Gasteiger partial charge in [-0.25, -0.2) is 0 Å². The van der Waals surface area contributed by atoms with E-state index in [2.05, 4.69) is 17.0 Å². The lowest BCUT2D eigenvalue weighted by Crippen LogP contribution is -2.35. The maximum atomic E-state index is 5.84. The highest BCUT2D eigenvalue weighted by Gasteiger charge is 2.18. The first-order chi connectivity index (χ1) is 12.3. The molecule has 1 heterocycles. The van der Waals surface area contributed by atoms with Crippen LogP contribution in [0.5, 0.6) is 11.5 Å². The highest BCUT2D eigenvalue weighted by atomic mass is 16.5. The molecular formula is C22H29NO2. The van der Waals surface area contributed by atoms with Gasteiger partial charge in [0.2, 0.25) is 0 Å². The number of para-hydroxylation sites is 1. The van der Waals surface area contributed by atoms with Crippen molar-refractivity contribution < 1.29 is 9.47 Å². The van der Waals surface area contributed by atoms with E-state index in [-0.39, 0.29) is 0 Å². The second kappa shape index (κ2) is 9.47. The molecule has 3 rings (SSSR count). The first kappa shape index (κ1) is 17.8. The van der Waals surface area contributed by atoms with Gasteiger partial charge in [-0.15, -0.1) is 0 Å². The van der Waals surface area contributed by atoms with Crippen LogP contribution in [0.25, 0.3) is 0 Å². The average molecular weight is 339 g/mol. The third kappa shape index (κ3) is 5.79. The van der Waals surface area contributed by atoms with Gasteiger partial charge in [-0.1, -0.05) is 30.3 Å². The Bertz CT molecular complexity index is 604. The molecule has 3 nitrogen and oxygen atoms in total. The Morgan fingerprint density at radius 3 is 2.32 bits per heavy atom. The molecule has 1 saturated heterocycles. The number of hydrogen-bond acceptors (Lipinski definition) is 3. The molecule has 0 aliphatic carbocycles. The Morgan fingerprint density at radius 2 is 1.64 bits per heavy atom. The van der Waals surface area contributed by atoms with Crippen LogP contribution >= 0.6 is 0 Å². The molecule has 0 aromatic heterocycles. The monoisotopic (exact) mass is 339 g/mol. The van der Waals surface area contributed by atoms with Gasteiger partial charge >= 0.3 is 0 Å². The van der Waals surface area contributed by atoms with Gasteiger partial charge in [0.05, 0.1) is 13.7 Å². The zero-order chi connectivity index (χ0) is 17.3. The maximum Gasteiger partial charge on any atom is 0.119 e. The Kier molecular flexibility index (Phi) is 6.75. The van der Waals surface area contributed by atoms with Crippen molar-refractivity contribution in [2.75, 3.05) is 33.4 Å². The van der Waals surface area contributed by atoms with Crippen LogP contribution in [0.15, 0.2) is 54.6 Å². The van der Waals surface area contributed by atoms with Gasteiger partial charge in [0.1, 0.15) is 11.5 Å². The third-order valence-corrected chi connectivity index (χ3v) is 5.12. The molecule has 0 radical (unpaired) electrons. The Balaban J connectivity index is 1.31. The molecule has 25 heavy (non-hydrogen) atoms. The van der Waals surface area contributed by atoms with Gasteiger partial charge in [-0.3, -0.25) is 0 Å². The molecule has 2 aromatic rings. The molecule has 3 heteroatoms. The second-order valence-corrected chi connectivity index (χ2v) is 6.83. The van der Waals surface area contributed by atoms with Crippen LogP contribution in [0, 0.1) is 5.92 Å². The summed E-state index contributed by atoms with van der Waals surface area (Å²) in [5, 5.41) is 0. The van der Waals surface area contributed by atoms with Crippen molar-refractivity contribution in [3.8, 4) is 11.5 Å². The summed E-state index contributed by atoms with van der Waals surface area (Å²) < 4.78 is 11.1. The predicted molar refractivity (Wildman–Crippen MR) is 102 cm³/mol. The summed E-state index contributed by atoms with van der Waals surface area (Å²) in [4.78, 5) is 2.60. The summed E-state index contributed by atoms with van der Waals surface area (Å²) in [5.74, 6) is 2.72. The molecular weight excluding hydrogens is 310 g/mol. The van der Waals surface area contributed by atoms with Gasteiger partial charge in [0, 0.05) is 6.54 Å². The van der Waals surface area contributed by atoms with Crippen LogP contribution < -0.4 is 9.47 Å². The van der Waals surface area contributed by atoms with E-state index in [1.54, 1.807) is 7.11 Å². The van der Waals surface area contributed by atoms with E-state index < -0.39 is 0 Å². The zero-order valence-corrected chi connectivity index (χ0v) is 15.2. The fraction of sp³-hybridized carbons (Fsp3) is 0.455. The van der Waals surface area contributed by atoms with Crippen molar-refractivity contribution in [2.45, 2.75) is 25.7 Å². The van der Waals surface area contributed by atoms with Crippen molar-refractivity contribution >= 4 is 0 Å².